The number of dihydropyridines is 1. The summed E-state index contributed by atoms with van der Waals surface area (Å²) in [5.74, 6) is 0.921. The van der Waals surface area contributed by atoms with Gasteiger partial charge in [0.1, 0.15) is 0 Å². The Morgan fingerprint density at radius 3 is 2.49 bits per heavy atom. The Morgan fingerprint density at radius 2 is 1.66 bits per heavy atom. The molecule has 2 aliphatic heterocycles. The molecule has 4 nitrogen and oxygen atoms in total. The normalized spacial score (nSPS) is 24.7. The van der Waals surface area contributed by atoms with Crippen molar-refractivity contribution in [3.63, 3.8) is 0 Å². The Bertz CT molecular complexity index is 801. The number of nitrogens with one attached hydrogen (secondary N) is 3. The van der Waals surface area contributed by atoms with Crippen molar-refractivity contribution in [1.29, 1.82) is 0 Å². The van der Waals surface area contributed by atoms with Crippen LogP contribution in [0.1, 0.15) is 77.0 Å². The van der Waals surface area contributed by atoms with Crippen LogP contribution in [0, 0.1) is 5.92 Å². The van der Waals surface area contributed by atoms with Crippen LogP contribution < -0.4 is 16.0 Å². The molecule has 5 rings (SSSR count). The molecule has 1 unspecified atom stereocenters. The van der Waals surface area contributed by atoms with Crippen LogP contribution in [0.3, 0.4) is 0 Å². The van der Waals surface area contributed by atoms with E-state index in [9.17, 15) is 0 Å². The topological polar surface area (TPSA) is 48.5 Å². The van der Waals surface area contributed by atoms with Crippen molar-refractivity contribution >= 4 is 5.71 Å². The van der Waals surface area contributed by atoms with Crippen LogP contribution in [-0.4, -0.2) is 51.0 Å². The standard InChI is InChI=1S/C22H35N3.C9H13N/c1-3-9-19(10-4-1)16-23-13-7-8-14-24-18-22-15-20-11-5-2-6-12-21(20)17-25-22;1-2-6-9-8(4-1)5-3-7-10-9/h5-8,11-12,19,22-25H,1-4,9-10,13-18H2;5H,1-4,6-7H2/b8-7+;. The van der Waals surface area contributed by atoms with E-state index >= 15 is 0 Å². The lowest BCUT2D eigenvalue weighted by molar-refractivity contribution is 0.346. The first-order valence-electron chi connectivity index (χ1n) is 14.5. The molecule has 1 atom stereocenters. The van der Waals surface area contributed by atoms with Gasteiger partial charge in [-0.05, 0) is 87.0 Å². The number of nitrogens with zero attached hydrogens (tertiary/aromatic N) is 1. The second-order valence-corrected chi connectivity index (χ2v) is 10.7. The summed E-state index contributed by atoms with van der Waals surface area (Å²) in [5, 5.41) is 10.8. The van der Waals surface area contributed by atoms with E-state index in [4.69, 9.17) is 0 Å². The highest BCUT2D eigenvalue weighted by molar-refractivity contribution is 6.01. The highest BCUT2D eigenvalue weighted by Crippen LogP contribution is 2.24. The molecule has 0 saturated heterocycles. The Balaban J connectivity index is 0.000000239. The molecule has 0 radical (unpaired) electrons. The third kappa shape index (κ3) is 9.33. The number of rotatable bonds is 8. The van der Waals surface area contributed by atoms with E-state index in [2.05, 4.69) is 63.5 Å². The minimum absolute atomic E-state index is 0.549. The van der Waals surface area contributed by atoms with Gasteiger partial charge >= 0.3 is 0 Å². The highest BCUT2D eigenvalue weighted by Gasteiger charge is 2.18. The van der Waals surface area contributed by atoms with Gasteiger partial charge in [0.25, 0.3) is 0 Å². The maximum Gasteiger partial charge on any atom is 0.0427 e. The lowest BCUT2D eigenvalue weighted by atomic mass is 9.89. The van der Waals surface area contributed by atoms with Crippen molar-refractivity contribution in [3.05, 3.63) is 59.3 Å². The molecule has 0 aromatic heterocycles. The number of allylic oxidation sites excluding steroid dienone is 4. The average Bonchev–Trinajstić information content (AvgIpc) is 3.16. The summed E-state index contributed by atoms with van der Waals surface area (Å²) in [7, 11) is 0. The first-order valence-corrected chi connectivity index (χ1v) is 14.5. The second kappa shape index (κ2) is 15.4. The summed E-state index contributed by atoms with van der Waals surface area (Å²) in [5.41, 5.74) is 5.95. The first kappa shape index (κ1) is 26.3. The summed E-state index contributed by atoms with van der Waals surface area (Å²) in [4.78, 5) is 4.50. The van der Waals surface area contributed by atoms with Crippen molar-refractivity contribution < 1.29 is 0 Å². The van der Waals surface area contributed by atoms with E-state index < -0.39 is 0 Å². The van der Waals surface area contributed by atoms with E-state index in [-0.39, 0.29) is 0 Å². The molecular weight excluding hydrogens is 428 g/mol. The number of hydrogen-bond donors (Lipinski definition) is 3. The fourth-order valence-electron chi connectivity index (χ4n) is 5.84. The fourth-order valence-corrected chi connectivity index (χ4v) is 5.84. The second-order valence-electron chi connectivity index (χ2n) is 10.7. The fraction of sp³-hybridized carbons (Fsp3) is 0.645. The van der Waals surface area contributed by atoms with E-state index in [1.165, 1.54) is 87.6 Å². The third-order valence-electron chi connectivity index (χ3n) is 7.91. The van der Waals surface area contributed by atoms with Crippen molar-refractivity contribution in [2.24, 2.45) is 10.9 Å². The molecule has 5 aliphatic rings. The Hall–Kier alpha value is -1.75. The molecular formula is C31H48N4. The molecule has 2 heterocycles. The summed E-state index contributed by atoms with van der Waals surface area (Å²) in [6.07, 6.45) is 31.9. The van der Waals surface area contributed by atoms with Crippen molar-refractivity contribution in [2.75, 3.05) is 39.3 Å². The van der Waals surface area contributed by atoms with Crippen molar-refractivity contribution in [2.45, 2.75) is 83.1 Å². The van der Waals surface area contributed by atoms with Crippen LogP contribution in [-0.2, 0) is 0 Å². The van der Waals surface area contributed by atoms with Gasteiger partial charge in [-0.3, -0.25) is 4.99 Å². The highest BCUT2D eigenvalue weighted by atomic mass is 15.0. The van der Waals surface area contributed by atoms with Gasteiger partial charge < -0.3 is 16.0 Å². The quantitative estimate of drug-likeness (QED) is 0.306. The third-order valence-corrected chi connectivity index (χ3v) is 7.91. The predicted octanol–water partition coefficient (Wildman–Crippen LogP) is 5.81. The van der Waals surface area contributed by atoms with E-state index in [0.717, 1.165) is 51.5 Å². The molecule has 0 bridgehead atoms. The lowest BCUT2D eigenvalue weighted by Gasteiger charge is -2.26. The molecule has 0 aromatic carbocycles. The predicted molar refractivity (Wildman–Crippen MR) is 151 cm³/mol. The van der Waals surface area contributed by atoms with Gasteiger partial charge in [-0.2, -0.15) is 0 Å². The Labute approximate surface area is 214 Å². The van der Waals surface area contributed by atoms with Crippen LogP contribution >= 0.6 is 0 Å². The molecule has 2 saturated carbocycles. The molecule has 35 heavy (non-hydrogen) atoms. The van der Waals surface area contributed by atoms with Gasteiger partial charge in [-0.15, -0.1) is 0 Å². The number of aliphatic imine (C=N–C) groups is 1. The van der Waals surface area contributed by atoms with Crippen molar-refractivity contribution in [3.8, 4) is 0 Å². The number of fused-ring (bicyclic) bond motifs is 1. The SMILES string of the molecule is C1=C2CCCCC2=NCC1.C1=CC2=C(C=CC1)CC(CNC/C=C/CNCC1CCCCC1)NC2. The first-order chi connectivity index (χ1) is 17.4. The van der Waals surface area contributed by atoms with Crippen molar-refractivity contribution in [1.82, 2.24) is 16.0 Å². The molecule has 2 fully saturated rings. The van der Waals surface area contributed by atoms with Crippen LogP contribution in [0.15, 0.2) is 64.2 Å². The van der Waals surface area contributed by atoms with Gasteiger partial charge in [0.15, 0.2) is 0 Å². The average molecular weight is 477 g/mol. The largest absolute Gasteiger partial charge is 0.313 e. The van der Waals surface area contributed by atoms with Crippen LogP contribution in [0.2, 0.25) is 0 Å². The molecule has 3 aliphatic carbocycles. The number of hydrogen-bond acceptors (Lipinski definition) is 4. The van der Waals surface area contributed by atoms with Gasteiger partial charge in [-0.1, -0.05) is 61.8 Å². The molecule has 4 heteroatoms. The molecule has 3 N–H and O–H groups in total. The maximum atomic E-state index is 4.50. The van der Waals surface area contributed by atoms with Crippen LogP contribution in [0.25, 0.3) is 0 Å². The summed E-state index contributed by atoms with van der Waals surface area (Å²) in [6, 6.07) is 0.549. The van der Waals surface area contributed by atoms with E-state index in [1.54, 1.807) is 5.57 Å². The summed E-state index contributed by atoms with van der Waals surface area (Å²) >= 11 is 0. The Morgan fingerprint density at radius 1 is 0.886 bits per heavy atom. The minimum atomic E-state index is 0.549. The molecule has 0 spiro atoms. The van der Waals surface area contributed by atoms with Gasteiger partial charge in [-0.25, -0.2) is 0 Å². The summed E-state index contributed by atoms with van der Waals surface area (Å²) in [6.45, 7) is 6.25. The summed E-state index contributed by atoms with van der Waals surface area (Å²) < 4.78 is 0. The smallest absolute Gasteiger partial charge is 0.0427 e. The monoisotopic (exact) mass is 476 g/mol. The van der Waals surface area contributed by atoms with Crippen LogP contribution in [0.4, 0.5) is 0 Å². The minimum Gasteiger partial charge on any atom is -0.313 e. The maximum absolute atomic E-state index is 4.50. The van der Waals surface area contributed by atoms with E-state index in [1.807, 2.05) is 0 Å². The van der Waals surface area contributed by atoms with Crippen LogP contribution in [0.5, 0.6) is 0 Å². The zero-order valence-electron chi connectivity index (χ0n) is 21.9. The zero-order chi connectivity index (χ0) is 24.0. The molecule has 192 valence electrons. The molecule has 0 aromatic rings. The van der Waals surface area contributed by atoms with Gasteiger partial charge in [0.05, 0.1) is 0 Å². The van der Waals surface area contributed by atoms with Gasteiger partial charge in [0, 0.05) is 44.5 Å². The molecule has 0 amide bonds. The lowest BCUT2D eigenvalue weighted by Crippen LogP contribution is -2.42. The zero-order valence-corrected chi connectivity index (χ0v) is 21.9. The Kier molecular flexibility index (Phi) is 11.6. The van der Waals surface area contributed by atoms with Gasteiger partial charge in [0.2, 0.25) is 0 Å². The van der Waals surface area contributed by atoms with E-state index in [0.29, 0.717) is 6.04 Å².